The van der Waals surface area contributed by atoms with Crippen LogP contribution in [0, 0.1) is 0 Å². The highest BCUT2D eigenvalue weighted by molar-refractivity contribution is 8.15. The molecule has 5 rings (SSSR count). The standard InChI is InChI=1S/C26H28N4O3S/c31-23(16-22-24(32)28-26(34-22)29-14-4-5-15-29)27-20-10-8-19(9-11-20)25(33)30(21-12-13-21)17-18-6-2-1-3-7-18/h1-3,6-11,21-22H,4-5,12-17H2,(H,27,31). The third kappa shape index (κ3) is 5.33. The molecular weight excluding hydrogens is 448 g/mol. The first-order valence-electron chi connectivity index (χ1n) is 11.9. The second-order valence-electron chi connectivity index (χ2n) is 9.01. The first-order valence-corrected chi connectivity index (χ1v) is 12.7. The lowest BCUT2D eigenvalue weighted by atomic mass is 10.1. The van der Waals surface area contributed by atoms with Crippen molar-refractivity contribution >= 4 is 40.3 Å². The van der Waals surface area contributed by atoms with Crippen LogP contribution in [0.4, 0.5) is 5.69 Å². The number of nitrogens with one attached hydrogen (secondary N) is 1. The number of anilines is 1. The minimum absolute atomic E-state index is 0.00349. The van der Waals surface area contributed by atoms with Crippen LogP contribution in [0.1, 0.15) is 48.0 Å². The van der Waals surface area contributed by atoms with Gasteiger partial charge in [-0.15, -0.1) is 0 Å². The molecule has 7 nitrogen and oxygen atoms in total. The number of amidine groups is 1. The number of aliphatic imine (C=N–C) groups is 1. The van der Waals surface area contributed by atoms with Crippen LogP contribution in [0.5, 0.6) is 0 Å². The molecule has 2 fully saturated rings. The third-order valence-electron chi connectivity index (χ3n) is 6.34. The number of amides is 3. The summed E-state index contributed by atoms with van der Waals surface area (Å²) in [4.78, 5) is 46.2. The molecule has 8 heteroatoms. The predicted molar refractivity (Wildman–Crippen MR) is 134 cm³/mol. The molecule has 1 saturated carbocycles. The summed E-state index contributed by atoms with van der Waals surface area (Å²) >= 11 is 1.39. The summed E-state index contributed by atoms with van der Waals surface area (Å²) in [6, 6.07) is 17.3. The fourth-order valence-electron chi connectivity index (χ4n) is 4.33. The lowest BCUT2D eigenvalue weighted by Crippen LogP contribution is -2.32. The summed E-state index contributed by atoms with van der Waals surface area (Å²) in [6.07, 6.45) is 4.38. The molecule has 1 saturated heterocycles. The minimum Gasteiger partial charge on any atom is -0.351 e. The zero-order valence-corrected chi connectivity index (χ0v) is 19.8. The molecule has 3 amide bonds. The molecule has 2 aliphatic heterocycles. The molecule has 3 aliphatic rings. The average molecular weight is 477 g/mol. The van der Waals surface area contributed by atoms with Crippen molar-refractivity contribution in [2.75, 3.05) is 18.4 Å². The summed E-state index contributed by atoms with van der Waals surface area (Å²) in [7, 11) is 0. The fourth-order valence-corrected chi connectivity index (χ4v) is 5.45. The highest BCUT2D eigenvalue weighted by Crippen LogP contribution is 2.31. The molecule has 0 bridgehead atoms. The first kappa shape index (κ1) is 22.7. The van der Waals surface area contributed by atoms with Crippen LogP contribution < -0.4 is 5.32 Å². The van der Waals surface area contributed by atoms with Crippen LogP contribution in [0.2, 0.25) is 0 Å². The van der Waals surface area contributed by atoms with Gasteiger partial charge >= 0.3 is 0 Å². The Bertz CT molecular complexity index is 1090. The van der Waals surface area contributed by atoms with Crippen molar-refractivity contribution in [3.63, 3.8) is 0 Å². The molecule has 1 N–H and O–H groups in total. The maximum absolute atomic E-state index is 13.2. The largest absolute Gasteiger partial charge is 0.351 e. The van der Waals surface area contributed by atoms with E-state index in [1.54, 1.807) is 24.3 Å². The van der Waals surface area contributed by atoms with Gasteiger partial charge in [0.1, 0.15) is 5.25 Å². The lowest BCUT2D eigenvalue weighted by Gasteiger charge is -2.23. The second-order valence-corrected chi connectivity index (χ2v) is 10.2. The van der Waals surface area contributed by atoms with E-state index in [1.165, 1.54) is 11.8 Å². The van der Waals surface area contributed by atoms with Gasteiger partial charge in [0, 0.05) is 43.3 Å². The van der Waals surface area contributed by atoms with Crippen molar-refractivity contribution in [3.8, 4) is 0 Å². The molecule has 0 radical (unpaired) electrons. The molecule has 176 valence electrons. The van der Waals surface area contributed by atoms with Gasteiger partial charge in [-0.05, 0) is 55.5 Å². The summed E-state index contributed by atoms with van der Waals surface area (Å²) in [6.45, 7) is 2.44. The molecule has 1 atom stereocenters. The Hall–Kier alpha value is -3.13. The smallest absolute Gasteiger partial charge is 0.262 e. The van der Waals surface area contributed by atoms with E-state index in [1.807, 2.05) is 35.2 Å². The van der Waals surface area contributed by atoms with Gasteiger partial charge in [0.15, 0.2) is 5.17 Å². The first-order chi connectivity index (χ1) is 16.6. The van der Waals surface area contributed by atoms with E-state index in [-0.39, 0.29) is 24.1 Å². The summed E-state index contributed by atoms with van der Waals surface area (Å²) in [5, 5.41) is 3.13. The Balaban J connectivity index is 1.16. The number of hydrogen-bond acceptors (Lipinski definition) is 5. The van der Waals surface area contributed by atoms with Gasteiger partial charge in [-0.25, -0.2) is 0 Å². The van der Waals surface area contributed by atoms with Crippen LogP contribution in [0.15, 0.2) is 59.6 Å². The van der Waals surface area contributed by atoms with E-state index in [2.05, 4.69) is 15.2 Å². The van der Waals surface area contributed by atoms with E-state index < -0.39 is 5.25 Å². The maximum atomic E-state index is 13.2. The number of rotatable bonds is 7. The Kier molecular flexibility index (Phi) is 6.67. The number of benzene rings is 2. The quantitative estimate of drug-likeness (QED) is 0.655. The van der Waals surface area contributed by atoms with Gasteiger partial charge < -0.3 is 15.1 Å². The zero-order valence-electron chi connectivity index (χ0n) is 19.0. The average Bonchev–Trinajstić information content (AvgIpc) is 3.41. The highest BCUT2D eigenvalue weighted by Gasteiger charge is 2.34. The van der Waals surface area contributed by atoms with Gasteiger partial charge in [-0.1, -0.05) is 42.1 Å². The van der Waals surface area contributed by atoms with Gasteiger partial charge in [0.25, 0.3) is 11.8 Å². The fraction of sp³-hybridized carbons (Fsp3) is 0.385. The van der Waals surface area contributed by atoms with Crippen LogP contribution in [0.3, 0.4) is 0 Å². The van der Waals surface area contributed by atoms with Crippen molar-refractivity contribution in [3.05, 3.63) is 65.7 Å². The van der Waals surface area contributed by atoms with Crippen LogP contribution in [0.25, 0.3) is 0 Å². The van der Waals surface area contributed by atoms with Crippen LogP contribution in [-0.4, -0.2) is 57.1 Å². The Morgan fingerprint density at radius 3 is 2.41 bits per heavy atom. The van der Waals surface area contributed by atoms with E-state index >= 15 is 0 Å². The normalized spacial score (nSPS) is 19.8. The third-order valence-corrected chi connectivity index (χ3v) is 7.55. The highest BCUT2D eigenvalue weighted by atomic mass is 32.2. The number of thioether (sulfide) groups is 1. The topological polar surface area (TPSA) is 82.1 Å². The number of carbonyl (C=O) groups excluding carboxylic acids is 3. The molecule has 34 heavy (non-hydrogen) atoms. The van der Waals surface area contributed by atoms with E-state index in [0.717, 1.165) is 49.5 Å². The molecular formula is C26H28N4O3S. The zero-order chi connectivity index (χ0) is 23.5. The number of likely N-dealkylation sites (tertiary alicyclic amines) is 1. The summed E-state index contributed by atoms with van der Waals surface area (Å²) < 4.78 is 0. The van der Waals surface area contributed by atoms with Crippen molar-refractivity contribution in [2.24, 2.45) is 4.99 Å². The van der Waals surface area contributed by atoms with Crippen molar-refractivity contribution in [1.82, 2.24) is 9.80 Å². The van der Waals surface area contributed by atoms with Crippen molar-refractivity contribution in [1.29, 1.82) is 0 Å². The molecule has 2 aromatic rings. The second kappa shape index (κ2) is 10.0. The van der Waals surface area contributed by atoms with E-state index in [9.17, 15) is 14.4 Å². The molecule has 2 heterocycles. The summed E-state index contributed by atoms with van der Waals surface area (Å²) in [5.74, 6) is -0.461. The van der Waals surface area contributed by atoms with Crippen molar-refractivity contribution < 1.29 is 14.4 Å². The Morgan fingerprint density at radius 1 is 1.03 bits per heavy atom. The Labute approximate surface area is 203 Å². The van der Waals surface area contributed by atoms with Gasteiger partial charge in [-0.3, -0.25) is 14.4 Å². The number of hydrogen-bond donors (Lipinski definition) is 1. The number of nitrogens with zero attached hydrogens (tertiary/aromatic N) is 3. The van der Waals surface area contributed by atoms with Gasteiger partial charge in [0.05, 0.1) is 0 Å². The molecule has 2 aromatic carbocycles. The van der Waals surface area contributed by atoms with E-state index in [4.69, 9.17) is 0 Å². The lowest BCUT2D eigenvalue weighted by molar-refractivity contribution is -0.121. The maximum Gasteiger partial charge on any atom is 0.262 e. The molecule has 0 aromatic heterocycles. The van der Waals surface area contributed by atoms with Gasteiger partial charge in [-0.2, -0.15) is 4.99 Å². The molecule has 0 spiro atoms. The molecule has 1 aliphatic carbocycles. The predicted octanol–water partition coefficient (Wildman–Crippen LogP) is 3.91. The van der Waals surface area contributed by atoms with Crippen molar-refractivity contribution in [2.45, 2.75) is 49.9 Å². The molecule has 1 unspecified atom stereocenters. The number of carbonyl (C=O) groups is 3. The van der Waals surface area contributed by atoms with Gasteiger partial charge in [0.2, 0.25) is 5.91 Å². The van der Waals surface area contributed by atoms with Crippen LogP contribution in [-0.2, 0) is 16.1 Å². The Morgan fingerprint density at radius 2 is 1.74 bits per heavy atom. The van der Waals surface area contributed by atoms with E-state index in [0.29, 0.717) is 23.8 Å². The minimum atomic E-state index is -0.471. The van der Waals surface area contributed by atoms with Crippen LogP contribution >= 0.6 is 11.8 Å². The summed E-state index contributed by atoms with van der Waals surface area (Å²) in [5.41, 5.74) is 2.33. The monoisotopic (exact) mass is 476 g/mol. The SMILES string of the molecule is O=C(CC1SC(N2CCCC2)=NC1=O)Nc1ccc(C(=O)N(Cc2ccccc2)C2CC2)cc1.